The van der Waals surface area contributed by atoms with E-state index in [1.165, 1.54) is 12.6 Å². The van der Waals surface area contributed by atoms with Gasteiger partial charge in [-0.05, 0) is 43.5 Å². The fraction of sp³-hybridized carbons (Fsp3) is 0.294. The number of benzene rings is 1. The van der Waals surface area contributed by atoms with Crippen molar-refractivity contribution in [3.63, 3.8) is 0 Å². The summed E-state index contributed by atoms with van der Waals surface area (Å²) in [4.78, 5) is 18.8. The van der Waals surface area contributed by atoms with E-state index < -0.39 is 0 Å². The number of carbonyl (C=O) groups is 1. The van der Waals surface area contributed by atoms with Crippen molar-refractivity contribution in [2.24, 2.45) is 0 Å². The molecule has 7 heteroatoms. The van der Waals surface area contributed by atoms with E-state index in [0.717, 1.165) is 31.6 Å². The third kappa shape index (κ3) is 3.74. The molecule has 0 atom stereocenters. The molecule has 0 radical (unpaired) electrons. The lowest BCUT2D eigenvalue weighted by Crippen LogP contribution is -2.30. The van der Waals surface area contributed by atoms with Crippen molar-refractivity contribution in [1.29, 1.82) is 0 Å². The Morgan fingerprint density at radius 3 is 2.54 bits per heavy atom. The smallest absolute Gasteiger partial charge is 0.259 e. The summed E-state index contributed by atoms with van der Waals surface area (Å²) in [5.74, 6) is 0.0615. The number of pyridine rings is 1. The molecule has 0 spiro atoms. The molecule has 0 saturated carbocycles. The van der Waals surface area contributed by atoms with Crippen molar-refractivity contribution in [3.8, 4) is 0 Å². The SMILES string of the molecule is Nc1c(C(=O)Nc2ccc(Cl)cn2)cc(Cl)cc1N1CCCCC1. The molecular formula is C17H18Cl2N4O. The summed E-state index contributed by atoms with van der Waals surface area (Å²) in [6.07, 6.45) is 4.91. The van der Waals surface area contributed by atoms with E-state index in [4.69, 9.17) is 28.9 Å². The normalized spacial score (nSPS) is 14.5. The van der Waals surface area contributed by atoms with Gasteiger partial charge in [-0.15, -0.1) is 0 Å². The quantitative estimate of drug-likeness (QED) is 0.800. The lowest BCUT2D eigenvalue weighted by atomic mass is 10.1. The van der Waals surface area contributed by atoms with Crippen LogP contribution in [0.1, 0.15) is 29.6 Å². The zero-order valence-corrected chi connectivity index (χ0v) is 14.6. The Balaban J connectivity index is 1.87. The van der Waals surface area contributed by atoms with Gasteiger partial charge in [0.15, 0.2) is 0 Å². The molecule has 0 bridgehead atoms. The van der Waals surface area contributed by atoms with E-state index in [-0.39, 0.29) is 5.91 Å². The topological polar surface area (TPSA) is 71.2 Å². The van der Waals surface area contributed by atoms with Gasteiger partial charge in [-0.1, -0.05) is 23.2 Å². The van der Waals surface area contributed by atoms with E-state index in [1.807, 2.05) is 6.07 Å². The highest BCUT2D eigenvalue weighted by Crippen LogP contribution is 2.33. The van der Waals surface area contributed by atoms with E-state index in [1.54, 1.807) is 18.2 Å². The number of nitrogen functional groups attached to an aromatic ring is 1. The summed E-state index contributed by atoms with van der Waals surface area (Å²) in [6, 6.07) is 6.69. The molecule has 24 heavy (non-hydrogen) atoms. The van der Waals surface area contributed by atoms with E-state index in [9.17, 15) is 4.79 Å². The number of nitrogens with zero attached hydrogens (tertiary/aromatic N) is 2. The van der Waals surface area contributed by atoms with Gasteiger partial charge in [0.2, 0.25) is 0 Å². The Labute approximate surface area is 150 Å². The molecule has 0 aliphatic carbocycles. The molecule has 1 aliphatic heterocycles. The maximum atomic E-state index is 12.6. The second-order valence-electron chi connectivity index (χ2n) is 5.75. The summed E-state index contributed by atoms with van der Waals surface area (Å²) < 4.78 is 0. The predicted molar refractivity (Wildman–Crippen MR) is 99.1 cm³/mol. The highest BCUT2D eigenvalue weighted by Gasteiger charge is 2.20. The lowest BCUT2D eigenvalue weighted by Gasteiger charge is -2.30. The van der Waals surface area contributed by atoms with Crippen LogP contribution in [0.3, 0.4) is 0 Å². The van der Waals surface area contributed by atoms with Gasteiger partial charge in [-0.3, -0.25) is 4.79 Å². The van der Waals surface area contributed by atoms with Crippen LogP contribution in [-0.4, -0.2) is 24.0 Å². The first kappa shape index (κ1) is 16.9. The predicted octanol–water partition coefficient (Wildman–Crippen LogP) is 4.21. The lowest BCUT2D eigenvalue weighted by molar-refractivity contribution is 0.102. The fourth-order valence-corrected chi connectivity index (χ4v) is 3.15. The first-order chi connectivity index (χ1) is 11.5. The van der Waals surface area contributed by atoms with Gasteiger partial charge in [0.05, 0.1) is 22.0 Å². The van der Waals surface area contributed by atoms with Crippen molar-refractivity contribution in [1.82, 2.24) is 4.98 Å². The third-order valence-electron chi connectivity index (χ3n) is 4.03. The first-order valence-corrected chi connectivity index (χ1v) is 8.57. The number of nitrogens with one attached hydrogen (secondary N) is 1. The number of hydrogen-bond donors (Lipinski definition) is 2. The van der Waals surface area contributed by atoms with Crippen molar-refractivity contribution < 1.29 is 4.79 Å². The molecule has 0 unspecified atom stereocenters. The Hall–Kier alpha value is -1.98. The number of aromatic nitrogens is 1. The Bertz CT molecular complexity index is 743. The number of carbonyl (C=O) groups excluding carboxylic acids is 1. The van der Waals surface area contributed by atoms with Crippen LogP contribution in [0.5, 0.6) is 0 Å². The monoisotopic (exact) mass is 364 g/mol. The van der Waals surface area contributed by atoms with E-state index in [0.29, 0.717) is 27.1 Å². The van der Waals surface area contributed by atoms with Crippen molar-refractivity contribution in [2.45, 2.75) is 19.3 Å². The van der Waals surface area contributed by atoms with Crippen LogP contribution in [0.2, 0.25) is 10.0 Å². The van der Waals surface area contributed by atoms with Gasteiger partial charge < -0.3 is 16.0 Å². The molecule has 2 heterocycles. The Morgan fingerprint density at radius 1 is 1.12 bits per heavy atom. The minimum atomic E-state index is -0.344. The van der Waals surface area contributed by atoms with Crippen LogP contribution in [-0.2, 0) is 0 Å². The highest BCUT2D eigenvalue weighted by atomic mass is 35.5. The summed E-state index contributed by atoms with van der Waals surface area (Å²) in [7, 11) is 0. The average Bonchev–Trinajstić information content (AvgIpc) is 2.59. The molecule has 126 valence electrons. The summed E-state index contributed by atoms with van der Waals surface area (Å²) in [6.45, 7) is 1.84. The number of nitrogens with two attached hydrogens (primary N) is 1. The molecule has 1 aromatic carbocycles. The van der Waals surface area contributed by atoms with Crippen molar-refractivity contribution >= 4 is 46.3 Å². The molecule has 1 aliphatic rings. The number of piperidine rings is 1. The number of rotatable bonds is 3. The zero-order valence-electron chi connectivity index (χ0n) is 13.1. The first-order valence-electron chi connectivity index (χ1n) is 7.81. The van der Waals surface area contributed by atoms with E-state index in [2.05, 4.69) is 15.2 Å². The Kier molecular flexibility index (Phi) is 5.11. The maximum Gasteiger partial charge on any atom is 0.259 e. The van der Waals surface area contributed by atoms with Crippen LogP contribution in [0, 0.1) is 0 Å². The minimum Gasteiger partial charge on any atom is -0.396 e. The molecule has 1 saturated heterocycles. The van der Waals surface area contributed by atoms with Crippen LogP contribution in [0.25, 0.3) is 0 Å². The summed E-state index contributed by atoms with van der Waals surface area (Å²) >= 11 is 12.0. The minimum absolute atomic E-state index is 0.344. The van der Waals surface area contributed by atoms with Crippen LogP contribution in [0.4, 0.5) is 17.2 Å². The Morgan fingerprint density at radius 2 is 1.88 bits per heavy atom. The second-order valence-corrected chi connectivity index (χ2v) is 6.62. The van der Waals surface area contributed by atoms with E-state index >= 15 is 0 Å². The second kappa shape index (κ2) is 7.28. The average molecular weight is 365 g/mol. The van der Waals surface area contributed by atoms with Crippen molar-refractivity contribution in [2.75, 3.05) is 29.0 Å². The van der Waals surface area contributed by atoms with Gasteiger partial charge in [0.1, 0.15) is 5.82 Å². The number of halogens is 2. The molecule has 1 fully saturated rings. The summed E-state index contributed by atoms with van der Waals surface area (Å²) in [5, 5.41) is 3.71. The maximum absolute atomic E-state index is 12.6. The summed E-state index contributed by atoms with van der Waals surface area (Å²) in [5.41, 5.74) is 7.86. The molecule has 1 amide bonds. The van der Waals surface area contributed by atoms with Crippen molar-refractivity contribution in [3.05, 3.63) is 46.1 Å². The van der Waals surface area contributed by atoms with Crippen LogP contribution in [0.15, 0.2) is 30.5 Å². The van der Waals surface area contributed by atoms with Gasteiger partial charge in [0, 0.05) is 24.3 Å². The molecular weight excluding hydrogens is 347 g/mol. The van der Waals surface area contributed by atoms with Gasteiger partial charge in [-0.25, -0.2) is 4.98 Å². The zero-order chi connectivity index (χ0) is 17.1. The van der Waals surface area contributed by atoms with Gasteiger partial charge >= 0.3 is 0 Å². The van der Waals surface area contributed by atoms with Gasteiger partial charge in [0.25, 0.3) is 5.91 Å². The number of hydrogen-bond acceptors (Lipinski definition) is 4. The number of amides is 1. The largest absolute Gasteiger partial charge is 0.396 e. The standard InChI is InChI=1S/C17H18Cl2N4O/c18-11-4-5-15(21-10-11)22-17(24)13-8-12(19)9-14(16(13)20)23-6-2-1-3-7-23/h4-5,8-10H,1-3,6-7,20H2,(H,21,22,24). The molecule has 1 aromatic heterocycles. The fourth-order valence-electron chi connectivity index (χ4n) is 2.82. The van der Waals surface area contributed by atoms with Crippen LogP contribution >= 0.6 is 23.2 Å². The number of anilines is 3. The molecule has 3 rings (SSSR count). The third-order valence-corrected chi connectivity index (χ3v) is 4.48. The molecule has 3 N–H and O–H groups in total. The highest BCUT2D eigenvalue weighted by molar-refractivity contribution is 6.32. The van der Waals surface area contributed by atoms with Gasteiger partial charge in [-0.2, -0.15) is 0 Å². The molecule has 5 nitrogen and oxygen atoms in total. The van der Waals surface area contributed by atoms with Crippen LogP contribution < -0.4 is 16.0 Å². The molecule has 2 aromatic rings.